The highest BCUT2D eigenvalue weighted by molar-refractivity contribution is 6.05. The van der Waals surface area contributed by atoms with Crippen LogP contribution < -0.4 is 5.32 Å². The van der Waals surface area contributed by atoms with Gasteiger partial charge >= 0.3 is 0 Å². The standard InChI is InChI=1S/C16H20N2O2/c1-4-5-12-10-13(18-15(12)17-3)6-7-14-8-9-16(2,11-19)20-14/h5,8,10,19H,4,9,11H2,1-3H3,(H,17,18)/b12-5-. The van der Waals surface area contributed by atoms with Crippen LogP contribution >= 0.6 is 0 Å². The van der Waals surface area contributed by atoms with Crippen molar-refractivity contribution in [1.29, 1.82) is 0 Å². The topological polar surface area (TPSA) is 53.9 Å². The van der Waals surface area contributed by atoms with Crippen molar-refractivity contribution in [1.82, 2.24) is 5.32 Å². The molecule has 0 aromatic rings. The van der Waals surface area contributed by atoms with E-state index >= 15 is 0 Å². The lowest BCUT2D eigenvalue weighted by atomic mass is 10.1. The SMILES string of the molecule is CC/C=C1/C=C(C#CC2=CCC(C)(CO)O2)NC1=NC. The molecular formula is C16H20N2O2. The first-order valence-corrected chi connectivity index (χ1v) is 6.78. The summed E-state index contributed by atoms with van der Waals surface area (Å²) in [6.07, 6.45) is 7.65. The molecule has 0 aromatic carbocycles. The fourth-order valence-electron chi connectivity index (χ4n) is 2.05. The minimum absolute atomic E-state index is 0.00828. The Morgan fingerprint density at radius 1 is 1.55 bits per heavy atom. The van der Waals surface area contributed by atoms with Gasteiger partial charge in [-0.3, -0.25) is 4.99 Å². The van der Waals surface area contributed by atoms with Crippen molar-refractivity contribution in [3.05, 3.63) is 35.3 Å². The van der Waals surface area contributed by atoms with E-state index < -0.39 is 5.60 Å². The van der Waals surface area contributed by atoms with E-state index in [2.05, 4.69) is 35.1 Å². The van der Waals surface area contributed by atoms with Crippen molar-refractivity contribution in [2.24, 2.45) is 4.99 Å². The molecule has 0 bridgehead atoms. The average molecular weight is 272 g/mol. The number of hydrogen-bond donors (Lipinski definition) is 2. The molecule has 2 N–H and O–H groups in total. The normalized spacial score (nSPS) is 28.6. The van der Waals surface area contributed by atoms with Crippen molar-refractivity contribution in [3.63, 3.8) is 0 Å². The zero-order valence-corrected chi connectivity index (χ0v) is 12.2. The molecule has 0 fully saturated rings. The van der Waals surface area contributed by atoms with Crippen molar-refractivity contribution in [2.75, 3.05) is 13.7 Å². The van der Waals surface area contributed by atoms with Crippen LogP contribution in [-0.4, -0.2) is 30.2 Å². The van der Waals surface area contributed by atoms with Gasteiger partial charge in [0.15, 0.2) is 5.76 Å². The first-order valence-electron chi connectivity index (χ1n) is 6.78. The van der Waals surface area contributed by atoms with Crippen LogP contribution in [0.1, 0.15) is 26.7 Å². The van der Waals surface area contributed by atoms with E-state index in [4.69, 9.17) is 4.74 Å². The molecule has 4 heteroatoms. The van der Waals surface area contributed by atoms with E-state index in [-0.39, 0.29) is 6.61 Å². The van der Waals surface area contributed by atoms with Gasteiger partial charge < -0.3 is 15.2 Å². The fraction of sp³-hybridized carbons (Fsp3) is 0.438. The van der Waals surface area contributed by atoms with Crippen LogP contribution in [0.3, 0.4) is 0 Å². The second kappa shape index (κ2) is 5.98. The monoisotopic (exact) mass is 272 g/mol. The number of nitrogens with zero attached hydrogens (tertiary/aromatic N) is 1. The van der Waals surface area contributed by atoms with Crippen LogP contribution in [0.25, 0.3) is 0 Å². The smallest absolute Gasteiger partial charge is 0.167 e. The van der Waals surface area contributed by atoms with Crippen LogP contribution in [0.2, 0.25) is 0 Å². The molecular weight excluding hydrogens is 252 g/mol. The average Bonchev–Trinajstić information content (AvgIpc) is 3.01. The summed E-state index contributed by atoms with van der Waals surface area (Å²) in [5, 5.41) is 12.4. The van der Waals surface area contributed by atoms with Crippen LogP contribution in [-0.2, 0) is 4.74 Å². The minimum Gasteiger partial charge on any atom is -0.477 e. The molecule has 2 aliphatic rings. The maximum absolute atomic E-state index is 9.23. The molecule has 0 spiro atoms. The number of aliphatic imine (C=N–C) groups is 1. The second-order valence-electron chi connectivity index (χ2n) is 5.06. The number of aliphatic hydroxyl groups is 1. The van der Waals surface area contributed by atoms with Gasteiger partial charge in [0.05, 0.1) is 12.3 Å². The Hall–Kier alpha value is -1.99. The lowest BCUT2D eigenvalue weighted by Gasteiger charge is -2.20. The summed E-state index contributed by atoms with van der Waals surface area (Å²) in [4.78, 5) is 4.19. The molecule has 0 amide bonds. The van der Waals surface area contributed by atoms with E-state index in [9.17, 15) is 5.11 Å². The second-order valence-corrected chi connectivity index (χ2v) is 5.06. The highest BCUT2D eigenvalue weighted by Crippen LogP contribution is 2.26. The summed E-state index contributed by atoms with van der Waals surface area (Å²) in [6, 6.07) is 0. The van der Waals surface area contributed by atoms with Crippen molar-refractivity contribution < 1.29 is 9.84 Å². The Labute approximate surface area is 119 Å². The Bertz CT molecular complexity index is 573. The van der Waals surface area contributed by atoms with Gasteiger partial charge in [0.2, 0.25) is 0 Å². The number of nitrogens with one attached hydrogen (secondary N) is 1. The van der Waals surface area contributed by atoms with Crippen LogP contribution in [0.5, 0.6) is 0 Å². The van der Waals surface area contributed by atoms with Gasteiger partial charge in [0, 0.05) is 19.0 Å². The Kier molecular flexibility index (Phi) is 4.31. The lowest BCUT2D eigenvalue weighted by molar-refractivity contribution is -0.00133. The first kappa shape index (κ1) is 14.4. The van der Waals surface area contributed by atoms with Crippen molar-refractivity contribution in [2.45, 2.75) is 32.3 Å². The van der Waals surface area contributed by atoms with Crippen LogP contribution in [0, 0.1) is 11.8 Å². The summed E-state index contributed by atoms with van der Waals surface area (Å²) in [5.41, 5.74) is 1.36. The zero-order valence-electron chi connectivity index (χ0n) is 12.2. The highest BCUT2D eigenvalue weighted by atomic mass is 16.5. The molecule has 1 unspecified atom stereocenters. The summed E-state index contributed by atoms with van der Waals surface area (Å²) in [5.74, 6) is 7.49. The molecule has 0 saturated heterocycles. The predicted octanol–water partition coefficient (Wildman–Crippen LogP) is 1.90. The number of allylic oxidation sites excluding steroid dienone is 3. The van der Waals surface area contributed by atoms with Gasteiger partial charge in [-0.1, -0.05) is 13.0 Å². The highest BCUT2D eigenvalue weighted by Gasteiger charge is 2.29. The van der Waals surface area contributed by atoms with E-state index in [1.807, 2.05) is 19.1 Å². The predicted molar refractivity (Wildman–Crippen MR) is 80.0 cm³/mol. The number of aliphatic hydroxyl groups excluding tert-OH is 1. The van der Waals surface area contributed by atoms with Crippen LogP contribution in [0.4, 0.5) is 0 Å². The van der Waals surface area contributed by atoms with Gasteiger partial charge in [-0.05, 0) is 37.3 Å². The van der Waals surface area contributed by atoms with Gasteiger partial charge in [-0.25, -0.2) is 0 Å². The summed E-state index contributed by atoms with van der Waals surface area (Å²) in [6.45, 7) is 3.95. The molecule has 0 aliphatic carbocycles. The molecule has 1 atom stereocenters. The van der Waals surface area contributed by atoms with Gasteiger partial charge in [0.1, 0.15) is 11.4 Å². The number of rotatable bonds is 2. The third-order valence-corrected chi connectivity index (χ3v) is 3.20. The first-order chi connectivity index (χ1) is 9.60. The molecule has 4 nitrogen and oxygen atoms in total. The van der Waals surface area contributed by atoms with Crippen molar-refractivity contribution >= 4 is 5.84 Å². The summed E-state index contributed by atoms with van der Waals surface area (Å²) in [7, 11) is 1.76. The third-order valence-electron chi connectivity index (χ3n) is 3.20. The van der Waals surface area contributed by atoms with Gasteiger partial charge in [-0.15, -0.1) is 0 Å². The Morgan fingerprint density at radius 3 is 2.95 bits per heavy atom. The molecule has 0 aromatic heterocycles. The lowest BCUT2D eigenvalue weighted by Crippen LogP contribution is -2.28. The number of hydrogen-bond acceptors (Lipinski definition) is 3. The number of amidine groups is 1. The van der Waals surface area contributed by atoms with E-state index in [0.29, 0.717) is 12.2 Å². The quantitative estimate of drug-likeness (QED) is 0.755. The molecule has 2 rings (SSSR count). The van der Waals surface area contributed by atoms with Crippen LogP contribution in [0.15, 0.2) is 40.2 Å². The fourth-order valence-corrected chi connectivity index (χ4v) is 2.05. The Morgan fingerprint density at radius 2 is 2.35 bits per heavy atom. The molecule has 2 aliphatic heterocycles. The summed E-state index contributed by atoms with van der Waals surface area (Å²) < 4.78 is 5.62. The molecule has 2 heterocycles. The number of ether oxygens (including phenoxy) is 1. The largest absolute Gasteiger partial charge is 0.477 e. The zero-order chi connectivity index (χ0) is 14.6. The molecule has 20 heavy (non-hydrogen) atoms. The molecule has 106 valence electrons. The van der Waals surface area contributed by atoms with E-state index in [0.717, 1.165) is 23.5 Å². The van der Waals surface area contributed by atoms with Crippen molar-refractivity contribution in [3.8, 4) is 11.8 Å². The van der Waals surface area contributed by atoms with Gasteiger partial charge in [-0.2, -0.15) is 0 Å². The maximum atomic E-state index is 9.23. The van der Waals surface area contributed by atoms with E-state index in [1.165, 1.54) is 0 Å². The molecule has 0 radical (unpaired) electrons. The summed E-state index contributed by atoms with van der Waals surface area (Å²) >= 11 is 0. The minimum atomic E-state index is -0.523. The van der Waals surface area contributed by atoms with Gasteiger partial charge in [0.25, 0.3) is 0 Å². The maximum Gasteiger partial charge on any atom is 0.167 e. The molecule has 0 saturated carbocycles. The Balaban J connectivity index is 2.08. The van der Waals surface area contributed by atoms with E-state index in [1.54, 1.807) is 7.05 Å². The third kappa shape index (κ3) is 3.12.